The van der Waals surface area contributed by atoms with E-state index in [1.165, 1.54) is 0 Å². The molecule has 200 valence electrons. The number of rotatable bonds is 9. The maximum Gasteiger partial charge on any atom is 0.434 e. The van der Waals surface area contributed by atoms with E-state index in [-0.39, 0.29) is 18.6 Å². The minimum absolute atomic E-state index is 0.0523. The van der Waals surface area contributed by atoms with Gasteiger partial charge in [0.25, 0.3) is 0 Å². The highest BCUT2D eigenvalue weighted by atomic mass is 16.6. The Morgan fingerprint density at radius 3 is 1.69 bits per heavy atom. The Morgan fingerprint density at radius 1 is 0.718 bits per heavy atom. The average Bonchev–Trinajstić information content (AvgIpc) is 3.02. The number of amides is 1. The fourth-order valence-corrected chi connectivity index (χ4v) is 5.63. The lowest BCUT2D eigenvalue weighted by molar-refractivity contribution is -0.140. The van der Waals surface area contributed by atoms with E-state index in [0.29, 0.717) is 13.0 Å². The molecule has 5 heteroatoms. The predicted octanol–water partition coefficient (Wildman–Crippen LogP) is 7.58. The standard InChI is InChI=1S/C34H35NO4/c36-33(38-25-27-15-5-1-6-16-27)35(37)32-24-14-13-17-28(32)26-39-34(29-18-7-2-8-19-29,30-20-9-3-10-21-30)31-22-11-4-12-23-31/h1-12,15-16,18-23,28,32,37H,13-14,17,24-26H2. The molecule has 1 N–H and O–H groups in total. The van der Waals surface area contributed by atoms with Gasteiger partial charge in [0.1, 0.15) is 12.2 Å². The van der Waals surface area contributed by atoms with E-state index in [0.717, 1.165) is 46.6 Å². The van der Waals surface area contributed by atoms with Gasteiger partial charge in [-0.1, -0.05) is 134 Å². The van der Waals surface area contributed by atoms with Gasteiger partial charge >= 0.3 is 6.09 Å². The van der Waals surface area contributed by atoms with Gasteiger partial charge in [0.2, 0.25) is 0 Å². The Bertz CT molecular complexity index is 1200. The normalized spacial score (nSPS) is 17.4. The van der Waals surface area contributed by atoms with Crippen molar-refractivity contribution >= 4 is 6.09 Å². The SMILES string of the molecule is O=C(OCc1ccccc1)N(O)C1CCCCC1COC(c1ccccc1)(c1ccccc1)c1ccccc1. The molecule has 1 saturated carbocycles. The molecule has 2 unspecified atom stereocenters. The molecular weight excluding hydrogens is 486 g/mol. The number of ether oxygens (including phenoxy) is 2. The van der Waals surface area contributed by atoms with Crippen LogP contribution in [-0.4, -0.2) is 29.0 Å². The number of carbonyl (C=O) groups excluding carboxylic acids is 1. The van der Waals surface area contributed by atoms with Crippen LogP contribution in [0.3, 0.4) is 0 Å². The summed E-state index contributed by atoms with van der Waals surface area (Å²) in [5.74, 6) is -0.0523. The van der Waals surface area contributed by atoms with Crippen molar-refractivity contribution in [2.75, 3.05) is 6.61 Å². The summed E-state index contributed by atoms with van der Waals surface area (Å²) in [5, 5.41) is 11.8. The zero-order chi connectivity index (χ0) is 26.9. The minimum atomic E-state index is -0.847. The first kappa shape index (κ1) is 26.7. The van der Waals surface area contributed by atoms with Gasteiger partial charge in [-0.2, -0.15) is 5.06 Å². The van der Waals surface area contributed by atoms with E-state index in [1.807, 2.05) is 84.9 Å². The molecule has 1 aliphatic rings. The van der Waals surface area contributed by atoms with E-state index < -0.39 is 11.7 Å². The van der Waals surface area contributed by atoms with Crippen molar-refractivity contribution in [3.05, 3.63) is 144 Å². The molecule has 4 aromatic rings. The number of carbonyl (C=O) groups is 1. The Balaban J connectivity index is 1.41. The molecule has 0 saturated heterocycles. The Labute approximate surface area is 230 Å². The van der Waals surface area contributed by atoms with E-state index >= 15 is 0 Å². The quantitative estimate of drug-likeness (QED) is 0.140. The van der Waals surface area contributed by atoms with Crippen LogP contribution in [0.1, 0.15) is 47.9 Å². The molecule has 0 radical (unpaired) electrons. The van der Waals surface area contributed by atoms with Crippen molar-refractivity contribution in [2.45, 2.75) is 43.9 Å². The second kappa shape index (κ2) is 12.7. The molecule has 0 bridgehead atoms. The van der Waals surface area contributed by atoms with Crippen LogP contribution in [0.2, 0.25) is 0 Å². The Kier molecular flexibility index (Phi) is 8.71. The van der Waals surface area contributed by atoms with Crippen molar-refractivity contribution in [1.82, 2.24) is 5.06 Å². The van der Waals surface area contributed by atoms with Crippen LogP contribution in [0, 0.1) is 5.92 Å². The smallest absolute Gasteiger partial charge is 0.434 e. The highest BCUT2D eigenvalue weighted by Crippen LogP contribution is 2.42. The van der Waals surface area contributed by atoms with Crippen LogP contribution >= 0.6 is 0 Å². The molecule has 1 amide bonds. The van der Waals surface area contributed by atoms with E-state index in [1.54, 1.807) is 0 Å². The fraction of sp³-hybridized carbons (Fsp3) is 0.265. The van der Waals surface area contributed by atoms with E-state index in [9.17, 15) is 10.0 Å². The summed E-state index contributed by atoms with van der Waals surface area (Å²) in [5.41, 5.74) is 3.11. The molecular formula is C34H35NO4. The van der Waals surface area contributed by atoms with E-state index in [4.69, 9.17) is 9.47 Å². The number of nitrogens with zero attached hydrogens (tertiary/aromatic N) is 1. The van der Waals surface area contributed by atoms with Gasteiger partial charge in [-0.25, -0.2) is 4.79 Å². The average molecular weight is 522 g/mol. The van der Waals surface area contributed by atoms with Gasteiger partial charge in [0.15, 0.2) is 0 Å². The molecule has 4 aromatic carbocycles. The summed E-state index contributed by atoms with van der Waals surface area (Å²) in [6.07, 6.45) is 2.77. The minimum Gasteiger partial charge on any atom is -0.443 e. The van der Waals surface area contributed by atoms with Crippen molar-refractivity contribution in [3.8, 4) is 0 Å². The van der Waals surface area contributed by atoms with Crippen molar-refractivity contribution < 1.29 is 19.5 Å². The van der Waals surface area contributed by atoms with Crippen LogP contribution < -0.4 is 0 Å². The molecule has 0 spiro atoms. The fourth-order valence-electron chi connectivity index (χ4n) is 5.63. The summed E-state index contributed by atoms with van der Waals surface area (Å²) in [6.45, 7) is 0.482. The lowest BCUT2D eigenvalue weighted by Gasteiger charge is -2.40. The summed E-state index contributed by atoms with van der Waals surface area (Å²) in [6, 6.07) is 39.9. The van der Waals surface area contributed by atoms with Crippen LogP contribution in [-0.2, 0) is 21.7 Å². The summed E-state index contributed by atoms with van der Waals surface area (Å²) in [4.78, 5) is 12.8. The van der Waals surface area contributed by atoms with Crippen LogP contribution in [0.4, 0.5) is 4.79 Å². The third-order valence-corrected chi connectivity index (χ3v) is 7.63. The van der Waals surface area contributed by atoms with Gasteiger partial charge in [0.05, 0.1) is 12.6 Å². The van der Waals surface area contributed by atoms with Gasteiger partial charge in [-0.15, -0.1) is 0 Å². The second-order valence-corrected chi connectivity index (χ2v) is 10.1. The third kappa shape index (κ3) is 6.06. The van der Waals surface area contributed by atoms with Crippen molar-refractivity contribution in [1.29, 1.82) is 0 Å². The third-order valence-electron chi connectivity index (χ3n) is 7.63. The topological polar surface area (TPSA) is 59.0 Å². The Hall–Kier alpha value is -3.93. The zero-order valence-electron chi connectivity index (χ0n) is 22.1. The monoisotopic (exact) mass is 521 g/mol. The summed E-state index contributed by atoms with van der Waals surface area (Å²) >= 11 is 0. The van der Waals surface area contributed by atoms with E-state index in [2.05, 4.69) is 36.4 Å². The van der Waals surface area contributed by atoms with Gasteiger partial charge < -0.3 is 9.47 Å². The molecule has 0 aliphatic heterocycles. The first-order valence-electron chi connectivity index (χ1n) is 13.7. The highest BCUT2D eigenvalue weighted by Gasteiger charge is 2.40. The first-order chi connectivity index (χ1) is 19.2. The molecule has 1 fully saturated rings. The maximum absolute atomic E-state index is 12.8. The number of hydrogen-bond donors (Lipinski definition) is 1. The lowest BCUT2D eigenvalue weighted by atomic mass is 9.79. The van der Waals surface area contributed by atoms with Crippen LogP contribution in [0.5, 0.6) is 0 Å². The molecule has 0 heterocycles. The first-order valence-corrected chi connectivity index (χ1v) is 13.7. The second-order valence-electron chi connectivity index (χ2n) is 10.1. The van der Waals surface area contributed by atoms with Gasteiger partial charge in [-0.3, -0.25) is 5.21 Å². The summed E-state index contributed by atoms with van der Waals surface area (Å²) < 4.78 is 12.5. The number of hydrogen-bond acceptors (Lipinski definition) is 4. The van der Waals surface area contributed by atoms with Gasteiger partial charge in [0, 0.05) is 5.92 Å². The lowest BCUT2D eigenvalue weighted by Crippen LogP contribution is -2.47. The highest BCUT2D eigenvalue weighted by molar-refractivity contribution is 5.66. The molecule has 0 aromatic heterocycles. The molecule has 5 rings (SSSR count). The van der Waals surface area contributed by atoms with Crippen molar-refractivity contribution in [2.24, 2.45) is 5.92 Å². The van der Waals surface area contributed by atoms with Crippen LogP contribution in [0.15, 0.2) is 121 Å². The molecule has 1 aliphatic carbocycles. The molecule has 5 nitrogen and oxygen atoms in total. The zero-order valence-corrected chi connectivity index (χ0v) is 22.1. The van der Waals surface area contributed by atoms with Crippen molar-refractivity contribution in [3.63, 3.8) is 0 Å². The Morgan fingerprint density at radius 2 is 1.18 bits per heavy atom. The maximum atomic E-state index is 12.8. The van der Waals surface area contributed by atoms with Gasteiger partial charge in [-0.05, 0) is 35.1 Å². The molecule has 39 heavy (non-hydrogen) atoms. The number of hydroxylamine groups is 2. The largest absolute Gasteiger partial charge is 0.443 e. The predicted molar refractivity (Wildman–Crippen MR) is 151 cm³/mol. The molecule has 2 atom stereocenters. The van der Waals surface area contributed by atoms with Crippen LogP contribution in [0.25, 0.3) is 0 Å². The summed E-state index contributed by atoms with van der Waals surface area (Å²) in [7, 11) is 0. The number of benzene rings is 4.